The molecule has 0 saturated carbocycles. The molecule has 0 radical (unpaired) electrons. The zero-order valence-electron chi connectivity index (χ0n) is 23.1. The molecule has 0 bridgehead atoms. The van der Waals surface area contributed by atoms with Crippen molar-refractivity contribution in [1.82, 2.24) is 19.9 Å². The molecule has 1 fully saturated rings. The Labute approximate surface area is 245 Å². The van der Waals surface area contributed by atoms with Crippen molar-refractivity contribution in [3.8, 4) is 17.0 Å². The van der Waals surface area contributed by atoms with Crippen LogP contribution in [-0.2, 0) is 19.6 Å². The number of ketones is 1. The fourth-order valence-electron chi connectivity index (χ4n) is 4.69. The van der Waals surface area contributed by atoms with Crippen molar-refractivity contribution in [3.63, 3.8) is 0 Å². The lowest BCUT2D eigenvalue weighted by molar-refractivity contribution is -0.126. The fraction of sp³-hybridized carbons (Fsp3) is 0.207. The number of ether oxygens (including phenoxy) is 1. The second-order valence-electron chi connectivity index (χ2n) is 9.62. The summed E-state index contributed by atoms with van der Waals surface area (Å²) in [6.45, 7) is 3.24. The first kappa shape index (κ1) is 29.5. The standard InChI is InChI=1S/C29H26F2N6O5S/c1-18(38)6-9-26(39)36-10-12-37(13-11-36)28-21-14-19(7-8-24(21)33-17-34-28)20-15-25(29(42-2)32-16-20)35-43(40,41)27-22(30)4-3-5-23(27)31/h3-9,14-17,35H,10-13H2,1-2H3/b9-6+. The van der Waals surface area contributed by atoms with Gasteiger partial charge < -0.3 is 14.5 Å². The largest absolute Gasteiger partial charge is 0.480 e. The number of aromatic nitrogens is 3. The molecular weight excluding hydrogens is 582 g/mol. The van der Waals surface area contributed by atoms with Crippen molar-refractivity contribution < 1.29 is 31.5 Å². The summed E-state index contributed by atoms with van der Waals surface area (Å²) in [6, 6.07) is 9.60. The summed E-state index contributed by atoms with van der Waals surface area (Å²) in [5.74, 6) is -2.37. The monoisotopic (exact) mass is 608 g/mol. The minimum absolute atomic E-state index is 0.0977. The third kappa shape index (κ3) is 6.28. The number of sulfonamides is 1. The van der Waals surface area contributed by atoms with E-state index in [2.05, 4.69) is 19.7 Å². The summed E-state index contributed by atoms with van der Waals surface area (Å²) in [5, 5.41) is 0.711. The average Bonchev–Trinajstić information content (AvgIpc) is 2.99. The van der Waals surface area contributed by atoms with Gasteiger partial charge in [0.25, 0.3) is 10.0 Å². The van der Waals surface area contributed by atoms with Crippen LogP contribution in [0.15, 0.2) is 72.0 Å². The number of hydrogen-bond acceptors (Lipinski definition) is 9. The number of hydrogen-bond donors (Lipinski definition) is 1. The third-order valence-electron chi connectivity index (χ3n) is 6.78. The molecule has 2 aromatic carbocycles. The maximum Gasteiger partial charge on any atom is 0.267 e. The zero-order valence-corrected chi connectivity index (χ0v) is 23.9. The van der Waals surface area contributed by atoms with Crippen molar-refractivity contribution in [2.75, 3.05) is 42.9 Å². The molecule has 4 aromatic rings. The quantitative estimate of drug-likeness (QED) is 0.298. The van der Waals surface area contributed by atoms with Crippen molar-refractivity contribution in [2.24, 2.45) is 0 Å². The van der Waals surface area contributed by atoms with E-state index in [1.807, 2.05) is 11.0 Å². The van der Waals surface area contributed by atoms with Gasteiger partial charge in [-0.2, -0.15) is 0 Å². The predicted molar refractivity (Wildman–Crippen MR) is 155 cm³/mol. The Morgan fingerprint density at radius 2 is 1.67 bits per heavy atom. The van der Waals surface area contributed by atoms with E-state index in [1.54, 1.807) is 17.0 Å². The molecule has 5 rings (SSSR count). The van der Waals surface area contributed by atoms with Crippen LogP contribution in [0.2, 0.25) is 0 Å². The van der Waals surface area contributed by atoms with E-state index in [0.29, 0.717) is 54.0 Å². The van der Waals surface area contributed by atoms with Crippen LogP contribution < -0.4 is 14.4 Å². The number of allylic oxidation sites excluding steroid dienone is 1. The van der Waals surface area contributed by atoms with Gasteiger partial charge in [0.1, 0.15) is 29.5 Å². The molecule has 0 unspecified atom stereocenters. The highest BCUT2D eigenvalue weighted by molar-refractivity contribution is 7.92. The topological polar surface area (TPSA) is 135 Å². The number of carbonyl (C=O) groups excluding carboxylic acids is 2. The summed E-state index contributed by atoms with van der Waals surface area (Å²) in [6.07, 6.45) is 5.45. The van der Waals surface area contributed by atoms with Crippen LogP contribution in [0.4, 0.5) is 20.3 Å². The lowest BCUT2D eigenvalue weighted by atomic mass is 10.0. The van der Waals surface area contributed by atoms with Crippen LogP contribution in [0.3, 0.4) is 0 Å². The van der Waals surface area contributed by atoms with Crippen LogP contribution in [0, 0.1) is 11.6 Å². The van der Waals surface area contributed by atoms with Crippen LogP contribution in [0.1, 0.15) is 6.92 Å². The number of pyridine rings is 1. The molecule has 1 amide bonds. The number of piperazine rings is 1. The number of nitrogens with one attached hydrogen (secondary N) is 1. The highest BCUT2D eigenvalue weighted by Crippen LogP contribution is 2.34. The van der Waals surface area contributed by atoms with Crippen LogP contribution in [0.25, 0.3) is 22.0 Å². The normalized spacial score (nSPS) is 13.9. The first-order chi connectivity index (χ1) is 20.6. The SMILES string of the molecule is COc1ncc(-c2ccc3ncnc(N4CCN(C(=O)/C=C/C(C)=O)CC4)c3c2)cc1NS(=O)(=O)c1c(F)cccc1F. The highest BCUT2D eigenvalue weighted by Gasteiger charge is 2.26. The number of halogens is 2. The Bertz CT molecular complexity index is 1840. The first-order valence-electron chi connectivity index (χ1n) is 13.1. The summed E-state index contributed by atoms with van der Waals surface area (Å²) in [7, 11) is -3.39. The molecule has 2 aromatic heterocycles. The smallest absolute Gasteiger partial charge is 0.267 e. The zero-order chi connectivity index (χ0) is 30.7. The fourth-order valence-corrected chi connectivity index (χ4v) is 5.88. The maximum atomic E-state index is 14.3. The minimum Gasteiger partial charge on any atom is -0.480 e. The molecule has 0 spiro atoms. The van der Waals surface area contributed by atoms with Gasteiger partial charge in [-0.3, -0.25) is 14.3 Å². The van der Waals surface area contributed by atoms with Crippen molar-refractivity contribution in [2.45, 2.75) is 11.8 Å². The molecule has 1 aliphatic heterocycles. The van der Waals surface area contributed by atoms with Gasteiger partial charge >= 0.3 is 0 Å². The van der Waals surface area contributed by atoms with Gasteiger partial charge in [-0.05, 0) is 48.9 Å². The van der Waals surface area contributed by atoms with Gasteiger partial charge in [0.15, 0.2) is 10.7 Å². The highest BCUT2D eigenvalue weighted by atomic mass is 32.2. The number of methoxy groups -OCH3 is 1. The maximum absolute atomic E-state index is 14.3. The predicted octanol–water partition coefficient (Wildman–Crippen LogP) is 3.57. The average molecular weight is 609 g/mol. The second kappa shape index (κ2) is 12.1. The summed E-state index contributed by atoms with van der Waals surface area (Å²) < 4.78 is 61.8. The van der Waals surface area contributed by atoms with Gasteiger partial charge in [-0.25, -0.2) is 32.2 Å². The van der Waals surface area contributed by atoms with Crippen LogP contribution >= 0.6 is 0 Å². The number of amides is 1. The molecule has 0 atom stereocenters. The summed E-state index contributed by atoms with van der Waals surface area (Å²) in [5.41, 5.74) is 1.66. The van der Waals surface area contributed by atoms with Crippen LogP contribution in [-0.4, -0.2) is 73.2 Å². The Kier molecular flexibility index (Phi) is 8.30. The van der Waals surface area contributed by atoms with E-state index in [-0.39, 0.29) is 23.3 Å². The summed E-state index contributed by atoms with van der Waals surface area (Å²) >= 11 is 0. The minimum atomic E-state index is -4.68. The molecule has 43 heavy (non-hydrogen) atoms. The van der Waals surface area contributed by atoms with Crippen LogP contribution in [0.5, 0.6) is 5.88 Å². The molecule has 11 nitrogen and oxygen atoms in total. The summed E-state index contributed by atoms with van der Waals surface area (Å²) in [4.78, 5) is 39.2. The molecule has 0 aliphatic carbocycles. The molecular formula is C29H26F2N6O5S. The Morgan fingerprint density at radius 3 is 2.35 bits per heavy atom. The molecule has 222 valence electrons. The first-order valence-corrected chi connectivity index (χ1v) is 14.5. The Hall–Kier alpha value is -4.98. The van der Waals surface area contributed by atoms with Crippen molar-refractivity contribution in [1.29, 1.82) is 0 Å². The Morgan fingerprint density at radius 1 is 0.953 bits per heavy atom. The van der Waals surface area contributed by atoms with Crippen molar-refractivity contribution >= 4 is 44.1 Å². The molecule has 3 heterocycles. The van der Waals surface area contributed by atoms with Gasteiger partial charge in [0, 0.05) is 49.4 Å². The van der Waals surface area contributed by atoms with E-state index in [4.69, 9.17) is 4.74 Å². The molecule has 1 N–H and O–H groups in total. The van der Waals surface area contributed by atoms with Gasteiger partial charge in [0.2, 0.25) is 11.8 Å². The second-order valence-corrected chi connectivity index (χ2v) is 11.2. The van der Waals surface area contributed by atoms with E-state index in [1.165, 1.54) is 44.8 Å². The molecule has 1 saturated heterocycles. The van der Waals surface area contributed by atoms with E-state index >= 15 is 0 Å². The third-order valence-corrected chi connectivity index (χ3v) is 8.19. The molecule has 1 aliphatic rings. The number of anilines is 2. The number of benzene rings is 2. The molecule has 14 heteroatoms. The van der Waals surface area contributed by atoms with Gasteiger partial charge in [-0.15, -0.1) is 0 Å². The number of nitrogens with zero attached hydrogens (tertiary/aromatic N) is 5. The van der Waals surface area contributed by atoms with E-state index in [9.17, 15) is 26.8 Å². The van der Waals surface area contributed by atoms with Gasteiger partial charge in [-0.1, -0.05) is 12.1 Å². The lowest BCUT2D eigenvalue weighted by Crippen LogP contribution is -2.48. The Balaban J connectivity index is 1.45. The number of fused-ring (bicyclic) bond motifs is 1. The van der Waals surface area contributed by atoms with Gasteiger partial charge in [0.05, 0.1) is 12.6 Å². The van der Waals surface area contributed by atoms with E-state index < -0.39 is 26.6 Å². The van der Waals surface area contributed by atoms with Crippen molar-refractivity contribution in [3.05, 3.63) is 78.8 Å². The lowest BCUT2D eigenvalue weighted by Gasteiger charge is -2.35. The number of carbonyl (C=O) groups is 2. The van der Waals surface area contributed by atoms with E-state index in [0.717, 1.165) is 18.2 Å². The number of rotatable bonds is 8.